The van der Waals surface area contributed by atoms with Gasteiger partial charge in [-0.2, -0.15) is 0 Å². The van der Waals surface area contributed by atoms with Crippen LogP contribution >= 0.6 is 0 Å². The first-order valence-corrected chi connectivity index (χ1v) is 8.78. The molecule has 0 saturated carbocycles. The van der Waals surface area contributed by atoms with Gasteiger partial charge in [-0.25, -0.2) is 15.0 Å². The molecule has 5 heterocycles. The molecular formula is C16H23N7O. The van der Waals surface area contributed by atoms with Crippen molar-refractivity contribution in [3.05, 3.63) is 12.7 Å². The number of hydrogen-bond acceptors (Lipinski definition) is 7. The first-order valence-electron chi connectivity index (χ1n) is 8.78. The number of nitrogens with zero attached hydrogens (tertiary/aromatic N) is 5. The van der Waals surface area contributed by atoms with Crippen molar-refractivity contribution in [3.8, 4) is 0 Å². The molecular weight excluding hydrogens is 306 g/mol. The number of anilines is 1. The molecule has 0 bridgehead atoms. The summed E-state index contributed by atoms with van der Waals surface area (Å²) in [5.74, 6) is 0.420. The molecule has 2 aromatic heterocycles. The van der Waals surface area contributed by atoms with Gasteiger partial charge in [0.15, 0.2) is 11.5 Å². The Labute approximate surface area is 140 Å². The molecule has 3 aliphatic heterocycles. The second kappa shape index (κ2) is 5.37. The smallest absolute Gasteiger partial charge is 0.167 e. The minimum atomic E-state index is -0.00677. The highest BCUT2D eigenvalue weighted by atomic mass is 16.5. The van der Waals surface area contributed by atoms with Crippen molar-refractivity contribution >= 4 is 17.0 Å². The van der Waals surface area contributed by atoms with Crippen molar-refractivity contribution in [2.24, 2.45) is 0 Å². The minimum Gasteiger partial charge on any atom is -0.382 e. The Kier molecular flexibility index (Phi) is 3.26. The lowest BCUT2D eigenvalue weighted by atomic mass is 9.87. The van der Waals surface area contributed by atoms with Gasteiger partial charge in [-0.3, -0.25) is 9.47 Å². The van der Waals surface area contributed by atoms with E-state index in [-0.39, 0.29) is 12.3 Å². The quantitative estimate of drug-likeness (QED) is 0.848. The number of fused-ring (bicyclic) bond motifs is 1. The van der Waals surface area contributed by atoms with E-state index in [0.717, 1.165) is 31.6 Å². The SMILES string of the molecule is Nc1ncnc2c1ncn2[C@H]1CC[C@@H](CN2CCC3(CCN3)C2)O1. The fraction of sp³-hybridized carbons (Fsp3) is 0.688. The number of aromatic nitrogens is 4. The maximum absolute atomic E-state index is 6.30. The average Bonchev–Trinajstić information content (AvgIpc) is 3.24. The molecule has 0 amide bonds. The van der Waals surface area contributed by atoms with Crippen molar-refractivity contribution in [2.75, 3.05) is 31.9 Å². The summed E-state index contributed by atoms with van der Waals surface area (Å²) in [7, 11) is 0. The third-order valence-corrected chi connectivity index (χ3v) is 5.78. The maximum atomic E-state index is 6.30. The molecule has 0 radical (unpaired) electrons. The summed E-state index contributed by atoms with van der Waals surface area (Å²) in [6.07, 6.45) is 8.17. The van der Waals surface area contributed by atoms with Crippen LogP contribution in [0.15, 0.2) is 12.7 Å². The monoisotopic (exact) mass is 329 g/mol. The van der Waals surface area contributed by atoms with Gasteiger partial charge in [-0.1, -0.05) is 0 Å². The summed E-state index contributed by atoms with van der Waals surface area (Å²) in [5.41, 5.74) is 7.69. The van der Waals surface area contributed by atoms with Crippen LogP contribution in [0.5, 0.6) is 0 Å². The van der Waals surface area contributed by atoms with Gasteiger partial charge in [0, 0.05) is 25.2 Å². The van der Waals surface area contributed by atoms with Gasteiger partial charge in [0.25, 0.3) is 0 Å². The van der Waals surface area contributed by atoms with E-state index in [1.165, 1.54) is 32.3 Å². The van der Waals surface area contributed by atoms with Crippen molar-refractivity contribution in [1.82, 2.24) is 29.7 Å². The third kappa shape index (κ3) is 2.28. The highest BCUT2D eigenvalue weighted by molar-refractivity contribution is 5.81. The molecule has 8 nitrogen and oxygen atoms in total. The fourth-order valence-corrected chi connectivity index (χ4v) is 4.34. The molecule has 0 aliphatic carbocycles. The van der Waals surface area contributed by atoms with Gasteiger partial charge in [0.2, 0.25) is 0 Å². The molecule has 3 atom stereocenters. The number of hydrogen-bond donors (Lipinski definition) is 2. The van der Waals surface area contributed by atoms with Crippen LogP contribution in [0, 0.1) is 0 Å². The number of likely N-dealkylation sites (tertiary alicyclic amines) is 1. The Morgan fingerprint density at radius 3 is 3.00 bits per heavy atom. The molecule has 8 heteroatoms. The largest absolute Gasteiger partial charge is 0.382 e. The van der Waals surface area contributed by atoms with E-state index in [4.69, 9.17) is 10.5 Å². The minimum absolute atomic E-state index is 0.00677. The number of rotatable bonds is 3. The van der Waals surface area contributed by atoms with E-state index in [1.807, 2.05) is 4.57 Å². The molecule has 3 aliphatic rings. The predicted octanol–water partition coefficient (Wildman–Crippen LogP) is 0.524. The van der Waals surface area contributed by atoms with Gasteiger partial charge in [0.05, 0.1) is 12.4 Å². The summed E-state index contributed by atoms with van der Waals surface area (Å²) in [6, 6.07) is 0. The van der Waals surface area contributed by atoms with Crippen LogP contribution in [0.2, 0.25) is 0 Å². The van der Waals surface area contributed by atoms with Crippen LogP contribution in [0.25, 0.3) is 11.2 Å². The Hall–Kier alpha value is -1.77. The second-order valence-electron chi connectivity index (χ2n) is 7.32. The van der Waals surface area contributed by atoms with Crippen molar-refractivity contribution < 1.29 is 4.74 Å². The summed E-state index contributed by atoms with van der Waals surface area (Å²) in [4.78, 5) is 15.2. The lowest BCUT2D eigenvalue weighted by molar-refractivity contribution is -0.0101. The average molecular weight is 329 g/mol. The number of nitrogens with two attached hydrogens (primary N) is 1. The van der Waals surface area contributed by atoms with Gasteiger partial charge in [-0.15, -0.1) is 0 Å². The topological polar surface area (TPSA) is 94.1 Å². The number of nitrogen functional groups attached to an aromatic ring is 1. The van der Waals surface area contributed by atoms with Gasteiger partial charge in [0.1, 0.15) is 18.1 Å². The fourth-order valence-electron chi connectivity index (χ4n) is 4.34. The Bertz CT molecular complexity index is 756. The summed E-state index contributed by atoms with van der Waals surface area (Å²) < 4.78 is 8.29. The molecule has 2 aromatic rings. The maximum Gasteiger partial charge on any atom is 0.167 e. The van der Waals surface area contributed by atoms with Gasteiger partial charge >= 0.3 is 0 Å². The predicted molar refractivity (Wildman–Crippen MR) is 89.3 cm³/mol. The zero-order valence-corrected chi connectivity index (χ0v) is 13.7. The molecule has 1 unspecified atom stereocenters. The summed E-state index contributed by atoms with van der Waals surface area (Å²) in [6.45, 7) is 4.53. The molecule has 24 heavy (non-hydrogen) atoms. The Morgan fingerprint density at radius 2 is 2.21 bits per heavy atom. The molecule has 0 aromatic carbocycles. The summed E-state index contributed by atoms with van der Waals surface area (Å²) >= 11 is 0. The van der Waals surface area contributed by atoms with Crippen molar-refractivity contribution in [1.29, 1.82) is 0 Å². The molecule has 3 fully saturated rings. The second-order valence-corrected chi connectivity index (χ2v) is 7.32. The molecule has 3 N–H and O–H groups in total. The van der Waals surface area contributed by atoms with E-state index < -0.39 is 0 Å². The first-order chi connectivity index (χ1) is 11.7. The summed E-state index contributed by atoms with van der Waals surface area (Å²) in [5, 5.41) is 3.61. The number of ether oxygens (including phenoxy) is 1. The van der Waals surface area contributed by atoms with Crippen LogP contribution in [0.4, 0.5) is 5.82 Å². The van der Waals surface area contributed by atoms with E-state index in [1.54, 1.807) is 6.33 Å². The molecule has 5 rings (SSSR count). The van der Waals surface area contributed by atoms with Crippen LogP contribution in [0.1, 0.15) is 31.9 Å². The number of imidazole rings is 1. The van der Waals surface area contributed by atoms with Gasteiger partial charge in [-0.05, 0) is 32.2 Å². The van der Waals surface area contributed by atoms with Crippen molar-refractivity contribution in [2.45, 2.75) is 43.6 Å². The number of nitrogens with one attached hydrogen (secondary N) is 1. The Morgan fingerprint density at radius 1 is 1.29 bits per heavy atom. The van der Waals surface area contributed by atoms with Crippen LogP contribution in [-0.2, 0) is 4.74 Å². The van der Waals surface area contributed by atoms with E-state index in [2.05, 4.69) is 25.2 Å². The highest BCUT2D eigenvalue weighted by Crippen LogP contribution is 2.34. The van der Waals surface area contributed by atoms with Crippen molar-refractivity contribution in [3.63, 3.8) is 0 Å². The normalized spacial score (nSPS) is 33.5. The lowest BCUT2D eigenvalue weighted by Crippen LogP contribution is -2.58. The third-order valence-electron chi connectivity index (χ3n) is 5.78. The highest BCUT2D eigenvalue weighted by Gasteiger charge is 2.43. The molecule has 128 valence electrons. The van der Waals surface area contributed by atoms with Crippen LogP contribution in [0.3, 0.4) is 0 Å². The van der Waals surface area contributed by atoms with E-state index >= 15 is 0 Å². The molecule has 1 spiro atoms. The van der Waals surface area contributed by atoms with E-state index in [9.17, 15) is 0 Å². The van der Waals surface area contributed by atoms with Crippen LogP contribution < -0.4 is 11.1 Å². The standard InChI is InChI=1S/C16H23N7O/c17-14-13-15(19-9-18-14)23(10-20-13)12-2-1-11(24-12)7-22-6-4-16(8-22)3-5-21-16/h9-12,21H,1-8H2,(H2,17,18,19)/t11-,12+,16?/m0/s1. The molecule has 3 saturated heterocycles. The van der Waals surface area contributed by atoms with E-state index in [0.29, 0.717) is 16.9 Å². The zero-order valence-electron chi connectivity index (χ0n) is 13.7. The lowest BCUT2D eigenvalue weighted by Gasteiger charge is -2.40. The van der Waals surface area contributed by atoms with Crippen LogP contribution in [-0.4, -0.2) is 62.2 Å². The Balaban J connectivity index is 1.26. The first kappa shape index (κ1) is 14.6. The van der Waals surface area contributed by atoms with Gasteiger partial charge < -0.3 is 15.8 Å². The zero-order chi connectivity index (χ0) is 16.1.